The Balaban J connectivity index is 1.91. The maximum Gasteiger partial charge on any atom is 0.329 e. The molecule has 0 spiro atoms. The monoisotopic (exact) mass is 337 g/mol. The van der Waals surface area contributed by atoms with Crippen molar-refractivity contribution in [3.63, 3.8) is 0 Å². The minimum Gasteiger partial charge on any atom is -0.318 e. The number of hydrazone groups is 1. The van der Waals surface area contributed by atoms with Crippen molar-refractivity contribution in [1.82, 2.24) is 5.43 Å². The van der Waals surface area contributed by atoms with Gasteiger partial charge in [0.1, 0.15) is 0 Å². The molecule has 0 heterocycles. The van der Waals surface area contributed by atoms with E-state index in [0.717, 1.165) is 16.7 Å². The lowest BCUT2D eigenvalue weighted by atomic mass is 10.0. The van der Waals surface area contributed by atoms with Gasteiger partial charge in [-0.1, -0.05) is 44.2 Å². The zero-order valence-electron chi connectivity index (χ0n) is 15.0. The van der Waals surface area contributed by atoms with Gasteiger partial charge in [-0.05, 0) is 54.2 Å². The smallest absolute Gasteiger partial charge is 0.318 e. The first kappa shape index (κ1) is 18.4. The fourth-order valence-electron chi connectivity index (χ4n) is 2.42. The quantitative estimate of drug-likeness (QED) is 0.509. The van der Waals surface area contributed by atoms with Gasteiger partial charge in [0.2, 0.25) is 0 Å². The van der Waals surface area contributed by atoms with Gasteiger partial charge in [-0.2, -0.15) is 5.10 Å². The molecule has 0 radical (unpaired) electrons. The standard InChI is InChI=1S/C20H23N3O2/c1-13(2)17-7-5-16(6-8-17)12-21-23-20(25)19(24)22-18-10-14(3)9-15(4)11-18/h5-13H,1-4H3,(H,22,24)(H,23,25)/b21-12+. The summed E-state index contributed by atoms with van der Waals surface area (Å²) in [4.78, 5) is 23.7. The molecular weight excluding hydrogens is 314 g/mol. The van der Waals surface area contributed by atoms with Gasteiger partial charge in [-0.15, -0.1) is 0 Å². The highest BCUT2D eigenvalue weighted by Crippen LogP contribution is 2.14. The number of nitrogens with one attached hydrogen (secondary N) is 2. The second-order valence-corrected chi connectivity index (χ2v) is 6.35. The van der Waals surface area contributed by atoms with E-state index in [0.29, 0.717) is 11.6 Å². The van der Waals surface area contributed by atoms with Gasteiger partial charge >= 0.3 is 11.8 Å². The number of carbonyl (C=O) groups is 2. The van der Waals surface area contributed by atoms with Crippen LogP contribution in [-0.2, 0) is 9.59 Å². The van der Waals surface area contributed by atoms with E-state index >= 15 is 0 Å². The van der Waals surface area contributed by atoms with Gasteiger partial charge < -0.3 is 5.32 Å². The number of benzene rings is 2. The Bertz CT molecular complexity index is 773. The summed E-state index contributed by atoms with van der Waals surface area (Å²) in [6, 6.07) is 13.5. The molecule has 0 aromatic heterocycles. The number of hydrogen-bond donors (Lipinski definition) is 2. The fraction of sp³-hybridized carbons (Fsp3) is 0.250. The van der Waals surface area contributed by atoms with Crippen molar-refractivity contribution in [1.29, 1.82) is 0 Å². The first-order valence-corrected chi connectivity index (χ1v) is 8.18. The third-order valence-electron chi connectivity index (χ3n) is 3.67. The van der Waals surface area contributed by atoms with Gasteiger partial charge in [0, 0.05) is 5.69 Å². The minimum absolute atomic E-state index is 0.458. The summed E-state index contributed by atoms with van der Waals surface area (Å²) in [5, 5.41) is 6.40. The fourth-order valence-corrected chi connectivity index (χ4v) is 2.42. The second-order valence-electron chi connectivity index (χ2n) is 6.35. The SMILES string of the molecule is Cc1cc(C)cc(NC(=O)C(=O)N/N=C/c2ccc(C(C)C)cc2)c1. The first-order chi connectivity index (χ1) is 11.8. The predicted molar refractivity (Wildman–Crippen MR) is 101 cm³/mol. The van der Waals surface area contributed by atoms with E-state index in [2.05, 4.69) is 29.7 Å². The zero-order valence-corrected chi connectivity index (χ0v) is 15.0. The Kier molecular flexibility index (Phi) is 6.06. The molecule has 2 rings (SSSR count). The van der Waals surface area contributed by atoms with Crippen molar-refractivity contribution >= 4 is 23.7 Å². The maximum atomic E-state index is 11.9. The van der Waals surface area contributed by atoms with Crippen molar-refractivity contribution in [3.8, 4) is 0 Å². The highest BCUT2D eigenvalue weighted by molar-refractivity contribution is 6.39. The van der Waals surface area contributed by atoms with Crippen LogP contribution in [0.3, 0.4) is 0 Å². The van der Waals surface area contributed by atoms with E-state index < -0.39 is 11.8 Å². The highest BCUT2D eigenvalue weighted by atomic mass is 16.2. The molecule has 130 valence electrons. The molecule has 0 saturated heterocycles. The van der Waals surface area contributed by atoms with Crippen LogP contribution >= 0.6 is 0 Å². The van der Waals surface area contributed by atoms with Crippen LogP contribution in [0.4, 0.5) is 5.69 Å². The molecule has 0 unspecified atom stereocenters. The van der Waals surface area contributed by atoms with Crippen molar-refractivity contribution in [2.24, 2.45) is 5.10 Å². The molecule has 25 heavy (non-hydrogen) atoms. The molecule has 0 aliphatic heterocycles. The second kappa shape index (κ2) is 8.24. The van der Waals surface area contributed by atoms with E-state index in [4.69, 9.17) is 0 Å². The van der Waals surface area contributed by atoms with Crippen LogP contribution in [0, 0.1) is 13.8 Å². The predicted octanol–water partition coefficient (Wildman–Crippen LogP) is 3.52. The van der Waals surface area contributed by atoms with E-state index in [9.17, 15) is 9.59 Å². The van der Waals surface area contributed by atoms with Crippen molar-refractivity contribution in [2.75, 3.05) is 5.32 Å². The molecule has 0 atom stereocenters. The number of aryl methyl sites for hydroxylation is 2. The first-order valence-electron chi connectivity index (χ1n) is 8.18. The van der Waals surface area contributed by atoms with E-state index in [-0.39, 0.29) is 0 Å². The number of hydrogen-bond acceptors (Lipinski definition) is 3. The Hall–Kier alpha value is -2.95. The largest absolute Gasteiger partial charge is 0.329 e. The summed E-state index contributed by atoms with van der Waals surface area (Å²) in [5.74, 6) is -1.11. The van der Waals surface area contributed by atoms with Gasteiger partial charge in [-0.3, -0.25) is 9.59 Å². The van der Waals surface area contributed by atoms with Crippen molar-refractivity contribution in [3.05, 3.63) is 64.7 Å². The van der Waals surface area contributed by atoms with E-state index in [1.807, 2.05) is 44.2 Å². The van der Waals surface area contributed by atoms with Crippen molar-refractivity contribution in [2.45, 2.75) is 33.6 Å². The van der Waals surface area contributed by atoms with Crippen LogP contribution in [0.5, 0.6) is 0 Å². The lowest BCUT2D eigenvalue weighted by Gasteiger charge is -2.06. The lowest BCUT2D eigenvalue weighted by molar-refractivity contribution is -0.136. The molecule has 0 aliphatic carbocycles. The summed E-state index contributed by atoms with van der Waals surface area (Å²) >= 11 is 0. The number of rotatable bonds is 4. The molecule has 2 aromatic carbocycles. The third kappa shape index (κ3) is 5.57. The Morgan fingerprint density at radius 2 is 1.56 bits per heavy atom. The summed E-state index contributed by atoms with van der Waals surface area (Å²) in [6.07, 6.45) is 1.51. The van der Waals surface area contributed by atoms with Crippen LogP contribution in [0.2, 0.25) is 0 Å². The summed E-state index contributed by atoms with van der Waals surface area (Å²) < 4.78 is 0. The topological polar surface area (TPSA) is 70.6 Å². The van der Waals surface area contributed by atoms with E-state index in [1.54, 1.807) is 12.1 Å². The van der Waals surface area contributed by atoms with Gasteiger partial charge in [0.25, 0.3) is 0 Å². The molecule has 5 nitrogen and oxygen atoms in total. The minimum atomic E-state index is -0.811. The molecule has 0 fully saturated rings. The number of anilines is 1. The molecule has 2 N–H and O–H groups in total. The van der Waals surface area contributed by atoms with Crippen LogP contribution in [-0.4, -0.2) is 18.0 Å². The van der Waals surface area contributed by atoms with Gasteiger partial charge in [0.05, 0.1) is 6.21 Å². The van der Waals surface area contributed by atoms with Crippen LogP contribution in [0.15, 0.2) is 47.6 Å². The number of carbonyl (C=O) groups excluding carboxylic acids is 2. The molecule has 0 aliphatic rings. The lowest BCUT2D eigenvalue weighted by Crippen LogP contribution is -2.32. The van der Waals surface area contributed by atoms with Gasteiger partial charge in [-0.25, -0.2) is 5.43 Å². The molecule has 0 saturated carbocycles. The third-order valence-corrected chi connectivity index (χ3v) is 3.67. The average molecular weight is 337 g/mol. The summed E-state index contributed by atoms with van der Waals surface area (Å²) in [7, 11) is 0. The normalized spacial score (nSPS) is 10.9. The maximum absolute atomic E-state index is 11.9. The zero-order chi connectivity index (χ0) is 18.4. The van der Waals surface area contributed by atoms with Crippen LogP contribution < -0.4 is 10.7 Å². The highest BCUT2D eigenvalue weighted by Gasteiger charge is 2.13. The number of nitrogens with zero attached hydrogens (tertiary/aromatic N) is 1. The van der Waals surface area contributed by atoms with E-state index in [1.165, 1.54) is 11.8 Å². The molecular formula is C20H23N3O2. The van der Waals surface area contributed by atoms with Crippen molar-refractivity contribution < 1.29 is 9.59 Å². The number of amides is 2. The average Bonchev–Trinajstić information content (AvgIpc) is 2.54. The Morgan fingerprint density at radius 3 is 2.12 bits per heavy atom. The van der Waals surface area contributed by atoms with Gasteiger partial charge in [0.15, 0.2) is 0 Å². The summed E-state index contributed by atoms with van der Waals surface area (Å²) in [6.45, 7) is 8.10. The molecule has 5 heteroatoms. The van der Waals surface area contributed by atoms with Crippen LogP contribution in [0.1, 0.15) is 42.0 Å². The molecule has 2 amide bonds. The summed E-state index contributed by atoms with van der Waals surface area (Å²) in [5.41, 5.74) is 6.93. The Morgan fingerprint density at radius 1 is 0.960 bits per heavy atom. The van der Waals surface area contributed by atoms with Crippen LogP contribution in [0.25, 0.3) is 0 Å². The molecule has 2 aromatic rings. The Labute approximate surface area is 148 Å². The molecule has 0 bridgehead atoms.